The van der Waals surface area contributed by atoms with E-state index in [0.717, 1.165) is 0 Å². The number of imidazole rings is 1. The van der Waals surface area contributed by atoms with Crippen LogP contribution in [0.15, 0.2) is 12.5 Å². The van der Waals surface area contributed by atoms with Crippen molar-refractivity contribution in [1.29, 1.82) is 0 Å². The highest BCUT2D eigenvalue weighted by Crippen LogP contribution is 2.21. The van der Waals surface area contributed by atoms with Gasteiger partial charge >= 0.3 is 0 Å². The zero-order valence-electron chi connectivity index (χ0n) is 8.27. The molecule has 76 valence electrons. The molecule has 2 heterocycles. The number of aromatic nitrogens is 2. The van der Waals surface area contributed by atoms with Crippen LogP contribution in [0.5, 0.6) is 0 Å². The molecule has 0 unspecified atom stereocenters. The molecule has 1 fully saturated rings. The minimum Gasteiger partial charge on any atom is -0.386 e. The highest BCUT2D eigenvalue weighted by atomic mass is 16.3. The second kappa shape index (κ2) is 2.81. The Bertz CT molecular complexity index is 362. The number of amides is 1. The van der Waals surface area contributed by atoms with E-state index in [1.807, 2.05) is 7.05 Å². The predicted octanol–water partition coefficient (Wildman–Crippen LogP) is -0.373. The van der Waals surface area contributed by atoms with E-state index in [0.29, 0.717) is 18.8 Å². The van der Waals surface area contributed by atoms with E-state index >= 15 is 0 Å². The number of hydrogen-bond acceptors (Lipinski definition) is 3. The summed E-state index contributed by atoms with van der Waals surface area (Å²) in [6.45, 7) is 2.50. The number of rotatable bonds is 1. The molecule has 0 saturated carbocycles. The predicted molar refractivity (Wildman–Crippen MR) is 49.7 cm³/mol. The van der Waals surface area contributed by atoms with Gasteiger partial charge in [0.15, 0.2) is 0 Å². The van der Waals surface area contributed by atoms with Crippen LogP contribution in [-0.2, 0) is 7.05 Å². The molecule has 1 N–H and O–H groups in total. The quantitative estimate of drug-likeness (QED) is 0.665. The lowest BCUT2D eigenvalue weighted by Crippen LogP contribution is -2.61. The molecule has 0 aliphatic carbocycles. The summed E-state index contributed by atoms with van der Waals surface area (Å²) in [5.74, 6) is -0.114. The van der Waals surface area contributed by atoms with Crippen LogP contribution in [0.4, 0.5) is 0 Å². The molecule has 1 aromatic heterocycles. The lowest BCUT2D eigenvalue weighted by molar-refractivity contribution is -0.0670. The van der Waals surface area contributed by atoms with Crippen LogP contribution in [0, 0.1) is 0 Å². The second-order valence-corrected chi connectivity index (χ2v) is 4.08. The van der Waals surface area contributed by atoms with E-state index in [1.165, 1.54) is 0 Å². The van der Waals surface area contributed by atoms with E-state index in [2.05, 4.69) is 4.98 Å². The normalized spacial score (nSPS) is 19.2. The molecule has 1 amide bonds. The number of aryl methyl sites for hydroxylation is 1. The molecular formula is C9H13N3O2. The van der Waals surface area contributed by atoms with Crippen molar-refractivity contribution >= 4 is 5.91 Å². The third-order valence-electron chi connectivity index (χ3n) is 2.27. The third kappa shape index (κ3) is 1.50. The summed E-state index contributed by atoms with van der Waals surface area (Å²) in [5.41, 5.74) is -0.284. The van der Waals surface area contributed by atoms with Crippen LogP contribution in [0.3, 0.4) is 0 Å². The lowest BCUT2D eigenvalue weighted by atomic mass is 9.97. The van der Waals surface area contributed by atoms with Crippen LogP contribution in [0.1, 0.15) is 17.4 Å². The Balaban J connectivity index is 2.04. The Kier molecular flexibility index (Phi) is 1.85. The van der Waals surface area contributed by atoms with Crippen LogP contribution in [-0.4, -0.2) is 44.2 Å². The Morgan fingerprint density at radius 3 is 2.71 bits per heavy atom. The van der Waals surface area contributed by atoms with E-state index in [4.69, 9.17) is 0 Å². The van der Waals surface area contributed by atoms with Crippen molar-refractivity contribution in [2.75, 3.05) is 13.1 Å². The van der Waals surface area contributed by atoms with Crippen molar-refractivity contribution in [2.24, 2.45) is 7.05 Å². The van der Waals surface area contributed by atoms with Crippen molar-refractivity contribution in [3.8, 4) is 0 Å². The topological polar surface area (TPSA) is 58.4 Å². The molecule has 5 nitrogen and oxygen atoms in total. The lowest BCUT2D eigenvalue weighted by Gasteiger charge is -2.43. The Morgan fingerprint density at radius 2 is 2.29 bits per heavy atom. The second-order valence-electron chi connectivity index (χ2n) is 4.08. The van der Waals surface area contributed by atoms with Crippen molar-refractivity contribution < 1.29 is 9.90 Å². The van der Waals surface area contributed by atoms with Crippen molar-refractivity contribution in [2.45, 2.75) is 12.5 Å². The third-order valence-corrected chi connectivity index (χ3v) is 2.27. The average molecular weight is 195 g/mol. The first kappa shape index (κ1) is 9.21. The maximum atomic E-state index is 11.7. The summed E-state index contributed by atoms with van der Waals surface area (Å²) in [7, 11) is 1.82. The van der Waals surface area contributed by atoms with Crippen LogP contribution in [0.2, 0.25) is 0 Å². The first-order chi connectivity index (χ1) is 6.48. The fraction of sp³-hybridized carbons (Fsp3) is 0.556. The fourth-order valence-corrected chi connectivity index (χ4v) is 1.60. The number of β-amino-alcohol motifs (C(OH)–C–C–N with tert-alkyl or cyclic N) is 1. The molecule has 0 radical (unpaired) electrons. The molecule has 0 bridgehead atoms. The van der Waals surface area contributed by atoms with Gasteiger partial charge in [-0.2, -0.15) is 0 Å². The maximum absolute atomic E-state index is 11.7. The van der Waals surface area contributed by atoms with Gasteiger partial charge in [-0.25, -0.2) is 4.98 Å². The van der Waals surface area contributed by atoms with Crippen molar-refractivity contribution in [1.82, 2.24) is 14.5 Å². The molecule has 5 heteroatoms. The highest BCUT2D eigenvalue weighted by molar-refractivity contribution is 5.92. The van der Waals surface area contributed by atoms with E-state index in [-0.39, 0.29) is 5.91 Å². The summed E-state index contributed by atoms with van der Waals surface area (Å²) in [6, 6.07) is 0. The van der Waals surface area contributed by atoms with Gasteiger partial charge in [0.2, 0.25) is 0 Å². The smallest absolute Gasteiger partial charge is 0.274 e. The van der Waals surface area contributed by atoms with Gasteiger partial charge in [0.25, 0.3) is 5.91 Å². The summed E-state index contributed by atoms with van der Waals surface area (Å²) < 4.78 is 1.73. The van der Waals surface area contributed by atoms with E-state index in [9.17, 15) is 9.90 Å². The van der Waals surface area contributed by atoms with Gasteiger partial charge in [0.1, 0.15) is 5.69 Å². The summed E-state index contributed by atoms with van der Waals surface area (Å²) >= 11 is 0. The van der Waals surface area contributed by atoms with Crippen LogP contribution in [0.25, 0.3) is 0 Å². The minimum atomic E-state index is -0.718. The number of carbonyl (C=O) groups is 1. The SMILES string of the molecule is Cn1cnc(C(=O)N2CC(C)(O)C2)c1. The Morgan fingerprint density at radius 1 is 1.64 bits per heavy atom. The molecule has 1 aliphatic heterocycles. The van der Waals surface area contributed by atoms with E-state index < -0.39 is 5.60 Å². The number of aliphatic hydroxyl groups is 1. The van der Waals surface area contributed by atoms with Gasteiger partial charge in [-0.15, -0.1) is 0 Å². The standard InChI is InChI=1S/C9H13N3O2/c1-9(14)4-12(5-9)8(13)7-3-11(2)6-10-7/h3,6,14H,4-5H2,1-2H3. The molecule has 14 heavy (non-hydrogen) atoms. The summed E-state index contributed by atoms with van der Waals surface area (Å²) in [6.07, 6.45) is 3.26. The fourth-order valence-electron chi connectivity index (χ4n) is 1.60. The first-order valence-electron chi connectivity index (χ1n) is 4.47. The molecule has 0 atom stereocenters. The van der Waals surface area contributed by atoms with E-state index in [1.54, 1.807) is 28.9 Å². The first-order valence-corrected chi connectivity index (χ1v) is 4.47. The zero-order chi connectivity index (χ0) is 10.3. The number of carbonyl (C=O) groups excluding carboxylic acids is 1. The Labute approximate surface area is 82.0 Å². The van der Waals surface area contributed by atoms with Gasteiger partial charge in [-0.3, -0.25) is 4.79 Å². The van der Waals surface area contributed by atoms with Gasteiger partial charge in [0, 0.05) is 13.2 Å². The molecule has 0 aromatic carbocycles. The monoisotopic (exact) mass is 195 g/mol. The van der Waals surface area contributed by atoms with Crippen molar-refractivity contribution in [3.05, 3.63) is 18.2 Å². The van der Waals surface area contributed by atoms with Gasteiger partial charge in [-0.05, 0) is 6.92 Å². The minimum absolute atomic E-state index is 0.114. The molecule has 1 aliphatic rings. The largest absolute Gasteiger partial charge is 0.386 e. The Hall–Kier alpha value is -1.36. The molecule has 0 spiro atoms. The highest BCUT2D eigenvalue weighted by Gasteiger charge is 2.40. The summed E-state index contributed by atoms with van der Waals surface area (Å²) in [4.78, 5) is 17.2. The van der Waals surface area contributed by atoms with Crippen LogP contribution >= 0.6 is 0 Å². The van der Waals surface area contributed by atoms with Crippen molar-refractivity contribution in [3.63, 3.8) is 0 Å². The molecule has 1 saturated heterocycles. The van der Waals surface area contributed by atoms with Gasteiger partial charge in [0.05, 0.1) is 25.0 Å². The van der Waals surface area contributed by atoms with Gasteiger partial charge in [-0.1, -0.05) is 0 Å². The zero-order valence-corrected chi connectivity index (χ0v) is 8.27. The number of nitrogens with zero attached hydrogens (tertiary/aromatic N) is 3. The summed E-state index contributed by atoms with van der Waals surface area (Å²) in [5, 5.41) is 9.47. The maximum Gasteiger partial charge on any atom is 0.274 e. The molecular weight excluding hydrogens is 182 g/mol. The number of likely N-dealkylation sites (tertiary alicyclic amines) is 1. The van der Waals surface area contributed by atoms with Gasteiger partial charge < -0.3 is 14.6 Å². The van der Waals surface area contributed by atoms with Crippen LogP contribution < -0.4 is 0 Å². The number of hydrogen-bond donors (Lipinski definition) is 1. The average Bonchev–Trinajstić information content (AvgIpc) is 2.46. The molecule has 2 rings (SSSR count). The molecule has 1 aromatic rings.